The molecule has 1 amide bonds. The van der Waals surface area contributed by atoms with Crippen molar-refractivity contribution < 1.29 is 9.53 Å². The van der Waals surface area contributed by atoms with Gasteiger partial charge in [0.1, 0.15) is 5.69 Å². The summed E-state index contributed by atoms with van der Waals surface area (Å²) < 4.78 is 5.59. The zero-order valence-electron chi connectivity index (χ0n) is 11.6. The number of pyridine rings is 1. The third kappa shape index (κ3) is 3.44. The second-order valence-corrected chi connectivity index (χ2v) is 4.66. The van der Waals surface area contributed by atoms with Crippen molar-refractivity contribution in [1.82, 2.24) is 9.88 Å². The number of rotatable bonds is 5. The van der Waals surface area contributed by atoms with Crippen LogP contribution in [0.1, 0.15) is 30.3 Å². The predicted octanol–water partition coefficient (Wildman–Crippen LogP) is 1.76. The maximum absolute atomic E-state index is 12.4. The van der Waals surface area contributed by atoms with E-state index in [1.54, 1.807) is 17.2 Å². The lowest BCUT2D eigenvalue weighted by atomic mass is 10.2. The van der Waals surface area contributed by atoms with Crippen LogP contribution < -0.4 is 5.32 Å². The fraction of sp³-hybridized carbons (Fsp3) is 0.571. The summed E-state index contributed by atoms with van der Waals surface area (Å²) in [5, 5.41) is 3.02. The molecular formula is C14H21N3O2. The summed E-state index contributed by atoms with van der Waals surface area (Å²) >= 11 is 0. The van der Waals surface area contributed by atoms with E-state index < -0.39 is 0 Å². The molecule has 104 valence electrons. The van der Waals surface area contributed by atoms with Gasteiger partial charge in [0.25, 0.3) is 5.91 Å². The molecule has 1 N–H and O–H groups in total. The molecule has 5 nitrogen and oxygen atoms in total. The lowest BCUT2D eigenvalue weighted by Crippen LogP contribution is -2.37. The van der Waals surface area contributed by atoms with Crippen LogP contribution in [0.15, 0.2) is 18.3 Å². The minimum absolute atomic E-state index is 0.0323. The predicted molar refractivity (Wildman–Crippen MR) is 74.3 cm³/mol. The average Bonchev–Trinajstić information content (AvgIpc) is 2.97. The van der Waals surface area contributed by atoms with Crippen LogP contribution in [0, 0.1) is 0 Å². The van der Waals surface area contributed by atoms with E-state index in [-0.39, 0.29) is 12.0 Å². The number of nitrogens with one attached hydrogen (secondary N) is 1. The van der Waals surface area contributed by atoms with Crippen molar-refractivity contribution in [3.63, 3.8) is 0 Å². The molecule has 1 fully saturated rings. The SMILES string of the molecule is CCN(CC1CCCO1)C(=O)c1cc(NC)ccn1. The number of nitrogens with zero attached hydrogens (tertiary/aromatic N) is 2. The Balaban J connectivity index is 2.06. The first kappa shape index (κ1) is 13.8. The molecule has 0 saturated carbocycles. The molecule has 0 spiro atoms. The number of hydrogen-bond acceptors (Lipinski definition) is 4. The smallest absolute Gasteiger partial charge is 0.272 e. The number of hydrogen-bond donors (Lipinski definition) is 1. The van der Waals surface area contributed by atoms with Crippen molar-refractivity contribution in [2.24, 2.45) is 0 Å². The van der Waals surface area contributed by atoms with Crippen LogP contribution in [0.3, 0.4) is 0 Å². The quantitative estimate of drug-likeness (QED) is 0.879. The van der Waals surface area contributed by atoms with E-state index in [4.69, 9.17) is 4.74 Å². The minimum Gasteiger partial charge on any atom is -0.388 e. The van der Waals surface area contributed by atoms with Gasteiger partial charge in [-0.3, -0.25) is 9.78 Å². The van der Waals surface area contributed by atoms with Crippen molar-refractivity contribution in [1.29, 1.82) is 0 Å². The molecule has 1 unspecified atom stereocenters. The van der Waals surface area contributed by atoms with E-state index in [9.17, 15) is 4.79 Å². The van der Waals surface area contributed by atoms with Gasteiger partial charge in [0, 0.05) is 38.6 Å². The third-order valence-corrected chi connectivity index (χ3v) is 3.38. The Bertz CT molecular complexity index is 430. The summed E-state index contributed by atoms with van der Waals surface area (Å²) in [5.74, 6) is -0.0323. The van der Waals surface area contributed by atoms with Crippen molar-refractivity contribution in [2.45, 2.75) is 25.9 Å². The van der Waals surface area contributed by atoms with Crippen LogP contribution in [-0.2, 0) is 4.74 Å². The summed E-state index contributed by atoms with van der Waals surface area (Å²) in [6.07, 6.45) is 3.95. The number of aromatic nitrogens is 1. The van der Waals surface area contributed by atoms with Gasteiger partial charge in [0.15, 0.2) is 0 Å². The molecule has 1 aliphatic rings. The molecule has 5 heteroatoms. The average molecular weight is 263 g/mol. The Kier molecular flexibility index (Phi) is 4.74. The van der Waals surface area contributed by atoms with Crippen LogP contribution in [0.4, 0.5) is 5.69 Å². The summed E-state index contributed by atoms with van der Waals surface area (Å²) in [7, 11) is 1.83. The molecule has 1 saturated heterocycles. The molecule has 2 rings (SSSR count). The van der Waals surface area contributed by atoms with Gasteiger partial charge in [0.2, 0.25) is 0 Å². The molecule has 19 heavy (non-hydrogen) atoms. The third-order valence-electron chi connectivity index (χ3n) is 3.38. The Labute approximate surface area is 114 Å². The van der Waals surface area contributed by atoms with E-state index in [1.807, 2.05) is 20.0 Å². The summed E-state index contributed by atoms with van der Waals surface area (Å²) in [4.78, 5) is 18.4. The number of carbonyl (C=O) groups excluding carboxylic acids is 1. The molecule has 0 radical (unpaired) electrons. The maximum Gasteiger partial charge on any atom is 0.272 e. The highest BCUT2D eigenvalue weighted by molar-refractivity contribution is 5.93. The molecule has 0 aromatic carbocycles. The van der Waals surface area contributed by atoms with Gasteiger partial charge in [-0.15, -0.1) is 0 Å². The Morgan fingerprint density at radius 3 is 3.11 bits per heavy atom. The first-order chi connectivity index (χ1) is 9.24. The fourth-order valence-corrected chi connectivity index (χ4v) is 2.25. The van der Waals surface area contributed by atoms with Crippen LogP contribution in [-0.4, -0.2) is 48.6 Å². The van der Waals surface area contributed by atoms with Crippen molar-refractivity contribution in [3.05, 3.63) is 24.0 Å². The molecule has 0 bridgehead atoms. The monoisotopic (exact) mass is 263 g/mol. The summed E-state index contributed by atoms with van der Waals surface area (Å²) in [5.41, 5.74) is 1.37. The van der Waals surface area contributed by atoms with E-state index >= 15 is 0 Å². The number of amides is 1. The maximum atomic E-state index is 12.4. The summed E-state index contributed by atoms with van der Waals surface area (Å²) in [6, 6.07) is 3.62. The number of ether oxygens (including phenoxy) is 1. The highest BCUT2D eigenvalue weighted by atomic mass is 16.5. The van der Waals surface area contributed by atoms with E-state index in [2.05, 4.69) is 10.3 Å². The standard InChI is InChI=1S/C14H21N3O2/c1-3-17(10-12-5-4-8-19-12)14(18)13-9-11(15-2)6-7-16-13/h6-7,9,12H,3-5,8,10H2,1-2H3,(H,15,16). The lowest BCUT2D eigenvalue weighted by Gasteiger charge is -2.23. The molecular weight excluding hydrogens is 242 g/mol. The fourth-order valence-electron chi connectivity index (χ4n) is 2.25. The zero-order valence-corrected chi connectivity index (χ0v) is 11.6. The molecule has 2 heterocycles. The van der Waals surface area contributed by atoms with E-state index in [0.29, 0.717) is 18.8 Å². The molecule has 1 aromatic heterocycles. The Morgan fingerprint density at radius 1 is 1.63 bits per heavy atom. The second kappa shape index (κ2) is 6.52. The molecule has 1 aromatic rings. The van der Waals surface area contributed by atoms with E-state index in [0.717, 1.165) is 25.1 Å². The second-order valence-electron chi connectivity index (χ2n) is 4.66. The lowest BCUT2D eigenvalue weighted by molar-refractivity contribution is 0.0535. The van der Waals surface area contributed by atoms with Crippen molar-refractivity contribution >= 4 is 11.6 Å². The van der Waals surface area contributed by atoms with Crippen LogP contribution in [0.25, 0.3) is 0 Å². The van der Waals surface area contributed by atoms with Gasteiger partial charge in [-0.2, -0.15) is 0 Å². The molecule has 1 atom stereocenters. The number of likely N-dealkylation sites (N-methyl/N-ethyl adjacent to an activating group) is 1. The van der Waals surface area contributed by atoms with Gasteiger partial charge < -0.3 is 15.0 Å². The highest BCUT2D eigenvalue weighted by Crippen LogP contribution is 2.15. The Morgan fingerprint density at radius 2 is 2.47 bits per heavy atom. The molecule has 0 aliphatic carbocycles. The topological polar surface area (TPSA) is 54.5 Å². The van der Waals surface area contributed by atoms with Gasteiger partial charge in [-0.1, -0.05) is 0 Å². The number of anilines is 1. The van der Waals surface area contributed by atoms with Crippen LogP contribution >= 0.6 is 0 Å². The van der Waals surface area contributed by atoms with Crippen LogP contribution in [0.5, 0.6) is 0 Å². The van der Waals surface area contributed by atoms with Gasteiger partial charge >= 0.3 is 0 Å². The number of carbonyl (C=O) groups is 1. The molecule has 1 aliphatic heterocycles. The minimum atomic E-state index is -0.0323. The zero-order chi connectivity index (χ0) is 13.7. The normalized spacial score (nSPS) is 18.3. The van der Waals surface area contributed by atoms with Gasteiger partial charge in [-0.25, -0.2) is 0 Å². The van der Waals surface area contributed by atoms with Gasteiger partial charge in [0.05, 0.1) is 6.10 Å². The first-order valence-corrected chi connectivity index (χ1v) is 6.79. The largest absolute Gasteiger partial charge is 0.388 e. The first-order valence-electron chi connectivity index (χ1n) is 6.79. The van der Waals surface area contributed by atoms with E-state index in [1.165, 1.54) is 0 Å². The van der Waals surface area contributed by atoms with Gasteiger partial charge in [-0.05, 0) is 31.9 Å². The van der Waals surface area contributed by atoms with Crippen molar-refractivity contribution in [2.75, 3.05) is 32.1 Å². The van der Waals surface area contributed by atoms with Crippen LogP contribution in [0.2, 0.25) is 0 Å². The van der Waals surface area contributed by atoms with Crippen molar-refractivity contribution in [3.8, 4) is 0 Å². The highest BCUT2D eigenvalue weighted by Gasteiger charge is 2.23. The Hall–Kier alpha value is -1.62. The summed E-state index contributed by atoms with van der Waals surface area (Å²) in [6.45, 7) is 4.11.